The summed E-state index contributed by atoms with van der Waals surface area (Å²) >= 11 is 1.74. The summed E-state index contributed by atoms with van der Waals surface area (Å²) < 4.78 is 2.38. The van der Waals surface area contributed by atoms with Crippen molar-refractivity contribution in [3.05, 3.63) is 101 Å². The molecule has 142 valence electrons. The third kappa shape index (κ3) is 2.44. The van der Waals surface area contributed by atoms with Crippen molar-refractivity contribution in [2.75, 3.05) is 0 Å². The molecule has 0 atom stereocenters. The van der Waals surface area contributed by atoms with E-state index in [0.717, 1.165) is 21.0 Å². The van der Waals surface area contributed by atoms with Gasteiger partial charge in [0.25, 0.3) is 5.69 Å². The van der Waals surface area contributed by atoms with Gasteiger partial charge in [-0.25, -0.2) is 0 Å². The average Bonchev–Trinajstić information content (AvgIpc) is 3.14. The lowest BCUT2D eigenvalue weighted by molar-refractivity contribution is -0.384. The number of hydrogen-bond acceptors (Lipinski definition) is 3. The molecule has 0 spiro atoms. The Morgan fingerprint density at radius 3 is 2.10 bits per heavy atom. The monoisotopic (exact) mass is 405 g/mol. The highest BCUT2D eigenvalue weighted by atomic mass is 32.1. The topological polar surface area (TPSA) is 43.1 Å². The molecule has 3 nitrogen and oxygen atoms in total. The van der Waals surface area contributed by atoms with E-state index in [2.05, 4.69) is 54.6 Å². The fourth-order valence-corrected chi connectivity index (χ4v) is 5.60. The van der Waals surface area contributed by atoms with E-state index in [1.165, 1.54) is 26.2 Å². The fourth-order valence-electron chi connectivity index (χ4n) is 4.41. The molecule has 0 amide bonds. The van der Waals surface area contributed by atoms with Crippen LogP contribution >= 0.6 is 11.3 Å². The van der Waals surface area contributed by atoms with Gasteiger partial charge < -0.3 is 0 Å². The molecule has 0 aliphatic heterocycles. The fraction of sp³-hybridized carbons (Fsp3) is 0. The molecule has 0 radical (unpaired) electrons. The normalized spacial score (nSPS) is 11.6. The number of thiophene rings is 1. The minimum absolute atomic E-state index is 0.133. The zero-order valence-corrected chi connectivity index (χ0v) is 16.6. The van der Waals surface area contributed by atoms with Crippen LogP contribution in [-0.4, -0.2) is 4.92 Å². The second-order valence-electron chi connectivity index (χ2n) is 7.41. The summed E-state index contributed by atoms with van der Waals surface area (Å²) in [7, 11) is 0. The SMILES string of the molecule is O=[N+]([O-])c1ccccc1-c1cc2sc3cc4ccccc4cc3c2c2ccccc12. The molecule has 0 bridgehead atoms. The number of nitrogens with zero attached hydrogens (tertiary/aromatic N) is 1. The number of nitro groups is 1. The molecular formula is C26H15NO2S. The Kier molecular flexibility index (Phi) is 3.64. The Bertz CT molecular complexity index is 1630. The van der Waals surface area contributed by atoms with Crippen molar-refractivity contribution in [2.45, 2.75) is 0 Å². The predicted molar refractivity (Wildman–Crippen MR) is 126 cm³/mol. The van der Waals surface area contributed by atoms with Crippen LogP contribution in [0.3, 0.4) is 0 Å². The Hall–Kier alpha value is -3.76. The summed E-state index contributed by atoms with van der Waals surface area (Å²) in [6, 6.07) is 30.2. The van der Waals surface area contributed by atoms with Crippen LogP contribution in [0.4, 0.5) is 5.69 Å². The third-order valence-corrected chi connectivity index (χ3v) is 6.84. The van der Waals surface area contributed by atoms with Crippen LogP contribution in [0.2, 0.25) is 0 Å². The highest BCUT2D eigenvalue weighted by molar-refractivity contribution is 7.26. The first-order valence-electron chi connectivity index (χ1n) is 9.71. The highest BCUT2D eigenvalue weighted by Gasteiger charge is 2.19. The molecule has 1 heterocycles. The number of benzene rings is 5. The molecule has 0 N–H and O–H groups in total. The van der Waals surface area contributed by atoms with Gasteiger partial charge in [0.15, 0.2) is 0 Å². The molecule has 0 saturated heterocycles. The lowest BCUT2D eigenvalue weighted by Gasteiger charge is -2.09. The van der Waals surface area contributed by atoms with Gasteiger partial charge in [0.05, 0.1) is 10.5 Å². The maximum absolute atomic E-state index is 11.7. The number of hydrogen-bond donors (Lipinski definition) is 0. The van der Waals surface area contributed by atoms with Gasteiger partial charge in [0, 0.05) is 26.2 Å². The van der Waals surface area contributed by atoms with Crippen molar-refractivity contribution < 1.29 is 4.92 Å². The zero-order valence-electron chi connectivity index (χ0n) is 15.8. The summed E-state index contributed by atoms with van der Waals surface area (Å²) in [5.74, 6) is 0. The van der Waals surface area contributed by atoms with E-state index in [9.17, 15) is 10.1 Å². The molecule has 6 aromatic rings. The number of fused-ring (bicyclic) bond motifs is 6. The van der Waals surface area contributed by atoms with Gasteiger partial charge in [-0.05, 0) is 51.4 Å². The van der Waals surface area contributed by atoms with E-state index in [1.54, 1.807) is 23.5 Å². The Labute approximate surface area is 176 Å². The number of para-hydroxylation sites is 1. The molecule has 30 heavy (non-hydrogen) atoms. The van der Waals surface area contributed by atoms with E-state index in [4.69, 9.17) is 0 Å². The predicted octanol–water partition coefficient (Wildman–Crippen LogP) is 7.94. The van der Waals surface area contributed by atoms with Crippen LogP contribution in [-0.2, 0) is 0 Å². The maximum Gasteiger partial charge on any atom is 0.277 e. The molecule has 0 unspecified atom stereocenters. The molecule has 0 fully saturated rings. The summed E-state index contributed by atoms with van der Waals surface area (Å²) in [6.45, 7) is 0. The smallest absolute Gasteiger partial charge is 0.258 e. The lowest BCUT2D eigenvalue weighted by atomic mass is 9.94. The van der Waals surface area contributed by atoms with Gasteiger partial charge in [-0.1, -0.05) is 60.7 Å². The van der Waals surface area contributed by atoms with Gasteiger partial charge in [-0.2, -0.15) is 0 Å². The second kappa shape index (κ2) is 6.37. The van der Waals surface area contributed by atoms with E-state index < -0.39 is 0 Å². The van der Waals surface area contributed by atoms with Crippen molar-refractivity contribution in [1.82, 2.24) is 0 Å². The van der Waals surface area contributed by atoms with Gasteiger partial charge in [-0.3, -0.25) is 10.1 Å². The number of rotatable bonds is 2. The maximum atomic E-state index is 11.7. The Morgan fingerprint density at radius 1 is 0.633 bits per heavy atom. The van der Waals surface area contributed by atoms with Gasteiger partial charge in [0.2, 0.25) is 0 Å². The van der Waals surface area contributed by atoms with Crippen LogP contribution in [0.1, 0.15) is 0 Å². The Morgan fingerprint density at radius 2 is 1.30 bits per heavy atom. The van der Waals surface area contributed by atoms with Crippen LogP contribution in [0, 0.1) is 10.1 Å². The van der Waals surface area contributed by atoms with Crippen LogP contribution in [0.25, 0.3) is 52.8 Å². The summed E-state index contributed by atoms with van der Waals surface area (Å²) in [4.78, 5) is 11.4. The Balaban J connectivity index is 1.79. The first-order chi connectivity index (χ1) is 14.7. The van der Waals surface area contributed by atoms with Crippen LogP contribution in [0.5, 0.6) is 0 Å². The molecule has 4 heteroatoms. The molecular weight excluding hydrogens is 390 g/mol. The number of nitro benzene ring substituents is 1. The van der Waals surface area contributed by atoms with E-state index in [1.807, 2.05) is 24.3 Å². The quantitative estimate of drug-likeness (QED) is 0.217. The van der Waals surface area contributed by atoms with Crippen molar-refractivity contribution in [1.29, 1.82) is 0 Å². The molecule has 0 aliphatic rings. The molecule has 6 rings (SSSR count). The largest absolute Gasteiger partial charge is 0.277 e. The molecule has 0 saturated carbocycles. The van der Waals surface area contributed by atoms with Crippen molar-refractivity contribution >= 4 is 58.7 Å². The highest BCUT2D eigenvalue weighted by Crippen LogP contribution is 2.45. The second-order valence-corrected chi connectivity index (χ2v) is 8.50. The summed E-state index contributed by atoms with van der Waals surface area (Å²) in [6.07, 6.45) is 0. The molecule has 1 aromatic heterocycles. The first kappa shape index (κ1) is 17.1. The van der Waals surface area contributed by atoms with Gasteiger partial charge in [-0.15, -0.1) is 11.3 Å². The summed E-state index contributed by atoms with van der Waals surface area (Å²) in [5, 5.41) is 18.7. The van der Waals surface area contributed by atoms with Crippen molar-refractivity contribution in [2.24, 2.45) is 0 Å². The zero-order chi connectivity index (χ0) is 20.2. The van der Waals surface area contributed by atoms with E-state index >= 15 is 0 Å². The third-order valence-electron chi connectivity index (χ3n) is 5.74. The van der Waals surface area contributed by atoms with E-state index in [-0.39, 0.29) is 10.6 Å². The van der Waals surface area contributed by atoms with Crippen LogP contribution in [0.15, 0.2) is 91.0 Å². The van der Waals surface area contributed by atoms with Crippen molar-refractivity contribution in [3.8, 4) is 11.1 Å². The van der Waals surface area contributed by atoms with Gasteiger partial charge >= 0.3 is 0 Å². The minimum atomic E-state index is -0.300. The van der Waals surface area contributed by atoms with Gasteiger partial charge in [0.1, 0.15) is 0 Å². The standard InChI is InChI=1S/C26H15NO2S/c28-27(29)23-12-6-5-10-19(23)21-15-25-26(20-11-4-3-9-18(20)21)22-13-16-7-1-2-8-17(16)14-24(22)30-25/h1-15H. The molecule has 0 aliphatic carbocycles. The molecule has 5 aromatic carbocycles. The summed E-state index contributed by atoms with van der Waals surface area (Å²) in [5.41, 5.74) is 1.69. The van der Waals surface area contributed by atoms with Crippen molar-refractivity contribution in [3.63, 3.8) is 0 Å². The van der Waals surface area contributed by atoms with Crippen LogP contribution < -0.4 is 0 Å². The first-order valence-corrected chi connectivity index (χ1v) is 10.5. The average molecular weight is 405 g/mol. The lowest BCUT2D eigenvalue weighted by Crippen LogP contribution is -1.92. The minimum Gasteiger partial charge on any atom is -0.258 e. The van der Waals surface area contributed by atoms with E-state index in [0.29, 0.717) is 5.56 Å².